The van der Waals surface area contributed by atoms with E-state index in [4.69, 9.17) is 14.2 Å². The average Bonchev–Trinajstić information content (AvgIpc) is 2.66. The number of ether oxygens (including phenoxy) is 3. The van der Waals surface area contributed by atoms with E-state index in [-0.39, 0.29) is 13.2 Å². The first-order valence-electron chi connectivity index (χ1n) is 5.67. The minimum absolute atomic E-state index is 0.0183. The van der Waals surface area contributed by atoms with Crippen LogP contribution in [0.3, 0.4) is 0 Å². The second-order valence-corrected chi connectivity index (χ2v) is 4.28. The summed E-state index contributed by atoms with van der Waals surface area (Å²) in [6.07, 6.45) is 1.76. The van der Waals surface area contributed by atoms with Crippen LogP contribution in [0.1, 0.15) is 33.1 Å². The summed E-state index contributed by atoms with van der Waals surface area (Å²) in [5.41, 5.74) is -0.501. The normalized spacial score (nSPS) is 22.8. The lowest BCUT2D eigenvalue weighted by molar-refractivity contribution is -0.145. The van der Waals surface area contributed by atoms with Gasteiger partial charge in [-0.1, -0.05) is 19.9 Å². The predicted octanol–water partition coefficient (Wildman–Crippen LogP) is 2.20. The van der Waals surface area contributed by atoms with E-state index in [1.165, 1.54) is 0 Å². The molecule has 1 unspecified atom stereocenters. The van der Waals surface area contributed by atoms with E-state index < -0.39 is 17.7 Å². The highest BCUT2D eigenvalue weighted by Crippen LogP contribution is 2.27. The molecule has 96 valence electrons. The van der Waals surface area contributed by atoms with E-state index in [0.717, 1.165) is 12.8 Å². The first kappa shape index (κ1) is 13.5. The summed E-state index contributed by atoms with van der Waals surface area (Å²) in [5.74, 6) is -0.483. The van der Waals surface area contributed by atoms with Crippen molar-refractivity contribution in [2.75, 3.05) is 13.2 Å². The van der Waals surface area contributed by atoms with Crippen LogP contribution in [0.2, 0.25) is 0 Å². The SMILES string of the molecule is C=C(C)C(=O)OCC1(CCCC)COC(=O)O1. The molecule has 0 aromatic rings. The van der Waals surface area contributed by atoms with Crippen LogP contribution in [-0.4, -0.2) is 30.9 Å². The average molecular weight is 242 g/mol. The molecule has 1 rings (SSSR count). The maximum atomic E-state index is 11.3. The van der Waals surface area contributed by atoms with E-state index in [1.807, 2.05) is 6.92 Å². The summed E-state index contributed by atoms with van der Waals surface area (Å²) in [5, 5.41) is 0. The zero-order valence-corrected chi connectivity index (χ0v) is 10.3. The second-order valence-electron chi connectivity index (χ2n) is 4.28. The maximum absolute atomic E-state index is 11.3. The molecule has 0 bridgehead atoms. The Labute approximate surface area is 101 Å². The summed E-state index contributed by atoms with van der Waals surface area (Å²) in [7, 11) is 0. The lowest BCUT2D eigenvalue weighted by Gasteiger charge is -2.24. The summed E-state index contributed by atoms with van der Waals surface area (Å²) in [4.78, 5) is 22.3. The molecule has 17 heavy (non-hydrogen) atoms. The minimum atomic E-state index is -0.821. The molecule has 0 amide bonds. The Morgan fingerprint density at radius 2 is 2.29 bits per heavy atom. The molecule has 0 saturated carbocycles. The first-order chi connectivity index (χ1) is 7.99. The van der Waals surface area contributed by atoms with Crippen LogP contribution in [0.4, 0.5) is 4.79 Å². The molecular weight excluding hydrogens is 224 g/mol. The molecule has 1 aliphatic heterocycles. The number of rotatable bonds is 6. The fourth-order valence-electron chi connectivity index (χ4n) is 1.51. The predicted molar refractivity (Wildman–Crippen MR) is 60.5 cm³/mol. The van der Waals surface area contributed by atoms with Crippen LogP contribution in [0, 0.1) is 0 Å². The largest absolute Gasteiger partial charge is 0.509 e. The van der Waals surface area contributed by atoms with Crippen LogP contribution >= 0.6 is 0 Å². The molecule has 1 heterocycles. The van der Waals surface area contributed by atoms with Gasteiger partial charge in [0.05, 0.1) is 0 Å². The van der Waals surface area contributed by atoms with E-state index >= 15 is 0 Å². The van der Waals surface area contributed by atoms with E-state index in [1.54, 1.807) is 6.92 Å². The molecule has 0 spiro atoms. The van der Waals surface area contributed by atoms with Crippen molar-refractivity contribution in [3.05, 3.63) is 12.2 Å². The Morgan fingerprint density at radius 3 is 2.76 bits per heavy atom. The molecule has 0 radical (unpaired) electrons. The van der Waals surface area contributed by atoms with Crippen molar-refractivity contribution in [2.24, 2.45) is 0 Å². The third kappa shape index (κ3) is 3.76. The quantitative estimate of drug-likeness (QED) is 0.528. The van der Waals surface area contributed by atoms with Crippen molar-refractivity contribution in [1.29, 1.82) is 0 Å². The number of cyclic esters (lactones) is 2. The Hall–Kier alpha value is -1.52. The molecule has 1 aliphatic rings. The zero-order chi connectivity index (χ0) is 12.9. The molecule has 5 heteroatoms. The van der Waals surface area contributed by atoms with Crippen molar-refractivity contribution in [3.63, 3.8) is 0 Å². The Balaban J connectivity index is 2.55. The molecule has 0 N–H and O–H groups in total. The lowest BCUT2D eigenvalue weighted by atomic mass is 9.99. The van der Waals surface area contributed by atoms with E-state index in [2.05, 4.69) is 6.58 Å². The smallest absolute Gasteiger partial charge is 0.458 e. The second kappa shape index (κ2) is 5.70. The molecule has 0 aromatic heterocycles. The third-order valence-electron chi connectivity index (χ3n) is 2.55. The standard InChI is InChI=1S/C12H18O5/c1-4-5-6-12(8-16-11(14)17-12)7-15-10(13)9(2)3/h2,4-8H2,1,3H3. The van der Waals surface area contributed by atoms with Gasteiger partial charge in [0.2, 0.25) is 0 Å². The maximum Gasteiger partial charge on any atom is 0.509 e. The summed E-state index contributed by atoms with van der Waals surface area (Å²) < 4.78 is 14.9. The zero-order valence-electron chi connectivity index (χ0n) is 10.3. The van der Waals surface area contributed by atoms with Gasteiger partial charge >= 0.3 is 12.1 Å². The first-order valence-corrected chi connectivity index (χ1v) is 5.67. The summed E-state index contributed by atoms with van der Waals surface area (Å²) >= 11 is 0. The van der Waals surface area contributed by atoms with Crippen LogP contribution < -0.4 is 0 Å². The molecular formula is C12H18O5. The number of esters is 1. The minimum Gasteiger partial charge on any atom is -0.458 e. The molecule has 1 fully saturated rings. The van der Waals surface area contributed by atoms with Gasteiger partial charge < -0.3 is 14.2 Å². The summed E-state index contributed by atoms with van der Waals surface area (Å²) in [6.45, 7) is 7.24. The molecule has 1 atom stereocenters. The highest BCUT2D eigenvalue weighted by molar-refractivity contribution is 5.87. The van der Waals surface area contributed by atoms with Gasteiger partial charge in [-0.2, -0.15) is 0 Å². The van der Waals surface area contributed by atoms with Gasteiger partial charge in [0.15, 0.2) is 5.60 Å². The van der Waals surface area contributed by atoms with Gasteiger partial charge in [-0.05, 0) is 19.8 Å². The third-order valence-corrected chi connectivity index (χ3v) is 2.55. The highest BCUT2D eigenvalue weighted by Gasteiger charge is 2.43. The van der Waals surface area contributed by atoms with Crippen molar-refractivity contribution in [1.82, 2.24) is 0 Å². The molecule has 0 aliphatic carbocycles. The van der Waals surface area contributed by atoms with Crippen LogP contribution in [0.25, 0.3) is 0 Å². The van der Waals surface area contributed by atoms with E-state index in [9.17, 15) is 9.59 Å². The van der Waals surface area contributed by atoms with Crippen molar-refractivity contribution in [3.8, 4) is 0 Å². The topological polar surface area (TPSA) is 61.8 Å². The molecule has 0 aromatic carbocycles. The number of unbranched alkanes of at least 4 members (excludes halogenated alkanes) is 1. The van der Waals surface area contributed by atoms with Gasteiger partial charge in [0, 0.05) is 5.57 Å². The van der Waals surface area contributed by atoms with Crippen molar-refractivity contribution < 1.29 is 23.8 Å². The van der Waals surface area contributed by atoms with E-state index in [0.29, 0.717) is 12.0 Å². The van der Waals surface area contributed by atoms with Crippen LogP contribution in [0.15, 0.2) is 12.2 Å². The number of carbonyl (C=O) groups is 2. The van der Waals surface area contributed by atoms with Crippen LogP contribution in [0.5, 0.6) is 0 Å². The number of carbonyl (C=O) groups excluding carboxylic acids is 2. The Kier molecular flexibility index (Phi) is 4.54. The highest BCUT2D eigenvalue weighted by atomic mass is 16.8. The van der Waals surface area contributed by atoms with Gasteiger partial charge in [0.25, 0.3) is 0 Å². The van der Waals surface area contributed by atoms with Gasteiger partial charge in [-0.25, -0.2) is 9.59 Å². The van der Waals surface area contributed by atoms with Crippen LogP contribution in [-0.2, 0) is 19.0 Å². The van der Waals surface area contributed by atoms with Crippen molar-refractivity contribution >= 4 is 12.1 Å². The summed E-state index contributed by atoms with van der Waals surface area (Å²) in [6, 6.07) is 0. The molecule has 1 saturated heterocycles. The Bertz CT molecular complexity index is 323. The van der Waals surface area contributed by atoms with Gasteiger partial charge in [0.1, 0.15) is 13.2 Å². The monoisotopic (exact) mass is 242 g/mol. The Morgan fingerprint density at radius 1 is 1.59 bits per heavy atom. The van der Waals surface area contributed by atoms with Gasteiger partial charge in [-0.15, -0.1) is 0 Å². The lowest BCUT2D eigenvalue weighted by Crippen LogP contribution is -2.38. The fraction of sp³-hybridized carbons (Fsp3) is 0.667. The van der Waals surface area contributed by atoms with Gasteiger partial charge in [-0.3, -0.25) is 0 Å². The number of hydrogen-bond acceptors (Lipinski definition) is 5. The number of hydrogen-bond donors (Lipinski definition) is 0. The molecule has 5 nitrogen and oxygen atoms in total. The van der Waals surface area contributed by atoms with Crippen molar-refractivity contribution in [2.45, 2.75) is 38.7 Å². The fourth-order valence-corrected chi connectivity index (χ4v) is 1.51.